The second-order valence-electron chi connectivity index (χ2n) is 16.1. The maximum atomic E-state index is 14.2. The van der Waals surface area contributed by atoms with Crippen LogP contribution in [0.25, 0.3) is 10.9 Å². The van der Waals surface area contributed by atoms with Crippen LogP contribution in [0.2, 0.25) is 0 Å². The van der Waals surface area contributed by atoms with Crippen LogP contribution < -0.4 is 38.1 Å². The summed E-state index contributed by atoms with van der Waals surface area (Å²) < 4.78 is 0. The van der Waals surface area contributed by atoms with Gasteiger partial charge in [-0.15, -0.1) is 0 Å². The first-order valence-electron chi connectivity index (χ1n) is 20.5. The summed E-state index contributed by atoms with van der Waals surface area (Å²) in [5, 5.41) is 23.7. The van der Waals surface area contributed by atoms with Crippen molar-refractivity contribution >= 4 is 58.2 Å². The molecule has 8 atom stereocenters. The molecule has 0 unspecified atom stereocenters. The molecule has 4 rings (SSSR count). The lowest BCUT2D eigenvalue weighted by atomic mass is 9.98. The van der Waals surface area contributed by atoms with Crippen LogP contribution in [0, 0.1) is 11.8 Å². The highest BCUT2D eigenvalue weighted by Crippen LogP contribution is 2.22. The van der Waals surface area contributed by atoms with Gasteiger partial charge in [0.25, 0.3) is 0 Å². The number of nitrogens with zero attached hydrogens (tertiary/aromatic N) is 2. The van der Waals surface area contributed by atoms with Gasteiger partial charge in [-0.3, -0.25) is 33.6 Å². The van der Waals surface area contributed by atoms with Crippen molar-refractivity contribution < 1.29 is 43.5 Å². The lowest BCUT2D eigenvalue weighted by Gasteiger charge is -2.29. The number of aromatic nitrogens is 3. The maximum Gasteiger partial charge on any atom is 0.326 e. The first-order valence-corrected chi connectivity index (χ1v) is 20.5. The molecule has 7 amide bonds. The molecule has 0 saturated carbocycles. The molecule has 0 aliphatic carbocycles. The van der Waals surface area contributed by atoms with E-state index in [0.29, 0.717) is 37.1 Å². The number of nitrogens with one attached hydrogen (secondary N) is 7. The van der Waals surface area contributed by atoms with E-state index in [1.807, 2.05) is 24.3 Å². The molecule has 1 aromatic carbocycles. The van der Waals surface area contributed by atoms with Gasteiger partial charge in [0, 0.05) is 48.4 Å². The Kier molecular flexibility index (Phi) is 16.9. The van der Waals surface area contributed by atoms with Crippen molar-refractivity contribution in [3.8, 4) is 0 Å². The first kappa shape index (κ1) is 47.4. The lowest BCUT2D eigenvalue weighted by molar-refractivity contribution is -0.143. The highest BCUT2D eigenvalue weighted by Gasteiger charge is 2.38. The number of carbonyl (C=O) groups is 8. The molecule has 0 radical (unpaired) electrons. The Morgan fingerprint density at radius 2 is 1.48 bits per heavy atom. The second-order valence-corrected chi connectivity index (χ2v) is 16.1. The fourth-order valence-electron chi connectivity index (χ4n) is 7.26. The number of hydrogen-bond acceptors (Lipinski definition) is 10. The van der Waals surface area contributed by atoms with Crippen molar-refractivity contribution in [2.45, 2.75) is 122 Å². The Bertz CT molecular complexity index is 2030. The van der Waals surface area contributed by atoms with Gasteiger partial charge in [-0.1, -0.05) is 52.3 Å². The number of H-pyrrole nitrogens is 2. The molecule has 3 heterocycles. The van der Waals surface area contributed by atoms with E-state index in [9.17, 15) is 43.5 Å². The molecule has 20 nitrogen and oxygen atoms in total. The number of carboxylic acids is 1. The van der Waals surface area contributed by atoms with E-state index in [-0.39, 0.29) is 25.2 Å². The summed E-state index contributed by atoms with van der Waals surface area (Å²) in [7, 11) is 0. The SMILES string of the molecule is CC[C@H](C)[C@H](NC(=O)[C@H](Cc1cnc[nH]1)NC(=O)[C@H](CC(C)C)NC(=O)[C@H](CC(N)=O)NC(=O)[C@H](Cc1c[nH]c2ccccc12)NC(=O)[C@@H]1CCCN1C(=O)[C@H](C)N)C(=O)O. The Hall–Kier alpha value is -6.31. The molecule has 20 heteroatoms. The van der Waals surface area contributed by atoms with Gasteiger partial charge in [-0.2, -0.15) is 0 Å². The summed E-state index contributed by atoms with van der Waals surface area (Å²) in [6, 6.07) is -1.24. The fourth-order valence-corrected chi connectivity index (χ4v) is 7.26. The normalized spacial score (nSPS) is 17.3. The van der Waals surface area contributed by atoms with Crippen LogP contribution in [0.15, 0.2) is 43.0 Å². The summed E-state index contributed by atoms with van der Waals surface area (Å²) in [5.74, 6) is -7.24. The van der Waals surface area contributed by atoms with Gasteiger partial charge in [0.1, 0.15) is 36.3 Å². The number of aromatic amines is 2. The van der Waals surface area contributed by atoms with Gasteiger partial charge in [-0.25, -0.2) is 9.78 Å². The summed E-state index contributed by atoms with van der Waals surface area (Å²) in [6.07, 6.45) is 5.04. The Morgan fingerprint density at radius 1 is 0.852 bits per heavy atom. The molecule has 1 aliphatic rings. The number of imidazole rings is 1. The molecule has 0 bridgehead atoms. The molecule has 61 heavy (non-hydrogen) atoms. The van der Waals surface area contributed by atoms with Gasteiger partial charge in [0.2, 0.25) is 41.4 Å². The number of fused-ring (bicyclic) bond motifs is 1. The van der Waals surface area contributed by atoms with Gasteiger partial charge in [-0.05, 0) is 49.7 Å². The highest BCUT2D eigenvalue weighted by atomic mass is 16.4. The van der Waals surface area contributed by atoms with E-state index in [0.717, 1.165) is 10.9 Å². The molecule has 3 aromatic rings. The zero-order chi connectivity index (χ0) is 45.0. The number of rotatable bonds is 22. The van der Waals surface area contributed by atoms with Crippen LogP contribution in [-0.4, -0.2) is 121 Å². The number of amides is 7. The van der Waals surface area contributed by atoms with Gasteiger partial charge >= 0.3 is 5.97 Å². The topological polar surface area (TPSA) is 317 Å². The van der Waals surface area contributed by atoms with Gasteiger partial charge in [0.15, 0.2) is 0 Å². The number of benzene rings is 1. The number of para-hydroxylation sites is 1. The third-order valence-electron chi connectivity index (χ3n) is 10.7. The molecule has 1 saturated heterocycles. The van der Waals surface area contributed by atoms with Crippen LogP contribution in [0.1, 0.15) is 78.0 Å². The zero-order valence-corrected chi connectivity index (χ0v) is 35.2. The fraction of sp³-hybridized carbons (Fsp3) is 0.537. The predicted octanol–water partition coefficient (Wildman–Crippen LogP) is -0.509. The van der Waals surface area contributed by atoms with Gasteiger partial charge < -0.3 is 58.0 Å². The minimum atomic E-state index is -1.62. The molecule has 332 valence electrons. The van der Waals surface area contributed by atoms with Crippen molar-refractivity contribution in [1.82, 2.24) is 46.4 Å². The summed E-state index contributed by atoms with van der Waals surface area (Å²) in [4.78, 5) is 118. The van der Waals surface area contributed by atoms with Crippen molar-refractivity contribution in [3.05, 3.63) is 54.2 Å². The average molecular weight is 850 g/mol. The quantitative estimate of drug-likeness (QED) is 0.0614. The first-order chi connectivity index (χ1) is 28.9. The number of hydrogen-bond donors (Lipinski definition) is 10. The minimum absolute atomic E-state index is 0.0507. The summed E-state index contributed by atoms with van der Waals surface area (Å²) in [5.41, 5.74) is 13.3. The Balaban J connectivity index is 1.58. The smallest absolute Gasteiger partial charge is 0.326 e. The third kappa shape index (κ3) is 13.1. The zero-order valence-electron chi connectivity index (χ0n) is 35.2. The van der Waals surface area contributed by atoms with Crippen molar-refractivity contribution in [3.63, 3.8) is 0 Å². The largest absolute Gasteiger partial charge is 0.480 e. The number of aliphatic carboxylic acids is 1. The number of carboxylic acid groups (broad SMARTS) is 1. The predicted molar refractivity (Wildman–Crippen MR) is 223 cm³/mol. The third-order valence-corrected chi connectivity index (χ3v) is 10.7. The van der Waals surface area contributed by atoms with Gasteiger partial charge in [0.05, 0.1) is 18.8 Å². The summed E-state index contributed by atoms with van der Waals surface area (Å²) in [6.45, 7) is 8.85. The maximum absolute atomic E-state index is 14.2. The standard InChI is InChI=1S/C41H59N11O9/c1-6-22(4)34(41(60)61)51-38(57)30(16-25-19-44-20-46-25)48-35(54)28(14-21(2)3)47-37(56)31(17-33(43)53)49-36(55)29(15-24-18-45-27-11-8-7-10-26(24)27)50-39(58)32-12-9-13-52(32)40(59)23(5)42/h7-8,10-11,18-23,28-32,34,45H,6,9,12-17,42H2,1-5H3,(H2,43,53)(H,44,46)(H,47,56)(H,48,54)(H,49,55)(H,50,58)(H,51,57)(H,60,61)/t22-,23-,28-,29-,30-,31-,32-,34-/m0/s1. The van der Waals surface area contributed by atoms with E-state index < -0.39 is 102 Å². The Morgan fingerprint density at radius 3 is 2.10 bits per heavy atom. The Labute approximate surface area is 353 Å². The van der Waals surface area contributed by atoms with E-state index >= 15 is 0 Å². The number of nitrogens with two attached hydrogens (primary N) is 2. The monoisotopic (exact) mass is 849 g/mol. The second kappa shape index (κ2) is 21.8. The van der Waals surface area contributed by atoms with Crippen molar-refractivity contribution in [2.75, 3.05) is 6.54 Å². The van der Waals surface area contributed by atoms with E-state index in [1.54, 1.807) is 33.9 Å². The van der Waals surface area contributed by atoms with Crippen molar-refractivity contribution in [1.29, 1.82) is 0 Å². The number of carbonyl (C=O) groups excluding carboxylic acids is 7. The van der Waals surface area contributed by atoms with Crippen molar-refractivity contribution in [2.24, 2.45) is 23.3 Å². The molecule has 1 fully saturated rings. The number of primary amides is 1. The van der Waals surface area contributed by atoms with Crippen LogP contribution >= 0.6 is 0 Å². The molecular weight excluding hydrogens is 791 g/mol. The molecule has 1 aliphatic heterocycles. The van der Waals surface area contributed by atoms with E-state index in [2.05, 4.69) is 41.5 Å². The van der Waals surface area contributed by atoms with Crippen LogP contribution in [0.4, 0.5) is 0 Å². The minimum Gasteiger partial charge on any atom is -0.480 e. The molecule has 2 aromatic heterocycles. The van der Waals surface area contributed by atoms with Crippen LogP contribution in [0.3, 0.4) is 0 Å². The van der Waals surface area contributed by atoms with Crippen LogP contribution in [0.5, 0.6) is 0 Å². The highest BCUT2D eigenvalue weighted by molar-refractivity contribution is 5.99. The summed E-state index contributed by atoms with van der Waals surface area (Å²) >= 11 is 0. The lowest BCUT2D eigenvalue weighted by Crippen LogP contribution is -2.60. The van der Waals surface area contributed by atoms with E-state index in [1.165, 1.54) is 24.3 Å². The number of likely N-dealkylation sites (tertiary alicyclic amines) is 1. The molecule has 12 N–H and O–H groups in total. The molecular formula is C41H59N11O9. The van der Waals surface area contributed by atoms with Crippen LogP contribution in [-0.2, 0) is 51.2 Å². The van der Waals surface area contributed by atoms with E-state index in [4.69, 9.17) is 11.5 Å². The average Bonchev–Trinajstić information content (AvgIpc) is 4.00. The molecule has 0 spiro atoms.